The largest absolute Gasteiger partial charge is 0.392 e. The maximum Gasteiger partial charge on any atom is 0.155 e. The first-order chi connectivity index (χ1) is 12.2. The first-order valence-electron chi connectivity index (χ1n) is 8.12. The molecule has 0 aliphatic carbocycles. The summed E-state index contributed by atoms with van der Waals surface area (Å²) in [6, 6.07) is 19.7. The van der Waals surface area contributed by atoms with Crippen molar-refractivity contribution in [3.63, 3.8) is 0 Å². The number of nitrogens with one attached hydrogen (secondary N) is 1. The first-order valence-corrected chi connectivity index (χ1v) is 8.12. The van der Waals surface area contributed by atoms with Crippen LogP contribution in [0.4, 0.5) is 11.5 Å². The lowest BCUT2D eigenvalue weighted by Crippen LogP contribution is -2.01. The molecule has 0 bridgehead atoms. The van der Waals surface area contributed by atoms with Crippen LogP contribution in [0.5, 0.6) is 0 Å². The molecule has 0 fully saturated rings. The van der Waals surface area contributed by atoms with Crippen LogP contribution in [0, 0.1) is 6.92 Å². The zero-order valence-electron chi connectivity index (χ0n) is 13.8. The average molecular weight is 330 g/mol. The molecule has 124 valence electrons. The molecule has 0 unspecified atom stereocenters. The second-order valence-corrected chi connectivity index (χ2v) is 5.93. The van der Waals surface area contributed by atoms with Crippen LogP contribution in [-0.2, 0) is 6.61 Å². The number of aliphatic hydroxyl groups excluding tert-OH is 1. The van der Waals surface area contributed by atoms with Crippen LogP contribution in [0.15, 0.2) is 66.9 Å². The van der Waals surface area contributed by atoms with Gasteiger partial charge in [-0.2, -0.15) is 9.61 Å². The summed E-state index contributed by atoms with van der Waals surface area (Å²) in [6.45, 7) is 2.08. The SMILES string of the molecule is Cc1ccccc1Nc1cnc2ccc(-c3cccc(CO)c3)nn12. The fourth-order valence-corrected chi connectivity index (χ4v) is 2.79. The Morgan fingerprint density at radius 2 is 1.92 bits per heavy atom. The molecule has 0 atom stereocenters. The third kappa shape index (κ3) is 2.97. The first kappa shape index (κ1) is 15.4. The topological polar surface area (TPSA) is 62.5 Å². The van der Waals surface area contributed by atoms with Crippen molar-refractivity contribution in [1.82, 2.24) is 14.6 Å². The van der Waals surface area contributed by atoms with E-state index in [4.69, 9.17) is 5.10 Å². The lowest BCUT2D eigenvalue weighted by atomic mass is 10.1. The summed E-state index contributed by atoms with van der Waals surface area (Å²) in [5.74, 6) is 0.810. The molecule has 2 N–H and O–H groups in total. The van der Waals surface area contributed by atoms with Gasteiger partial charge in [0.1, 0.15) is 0 Å². The molecule has 4 rings (SSSR count). The van der Waals surface area contributed by atoms with Crippen LogP contribution in [0.3, 0.4) is 0 Å². The Morgan fingerprint density at radius 1 is 1.04 bits per heavy atom. The molecule has 0 saturated heterocycles. The highest BCUT2D eigenvalue weighted by atomic mass is 16.3. The van der Waals surface area contributed by atoms with Crippen LogP contribution >= 0.6 is 0 Å². The summed E-state index contributed by atoms with van der Waals surface area (Å²) in [5, 5.41) is 17.4. The van der Waals surface area contributed by atoms with Crippen molar-refractivity contribution in [3.8, 4) is 11.3 Å². The van der Waals surface area contributed by atoms with E-state index in [1.54, 1.807) is 10.7 Å². The Labute approximate surface area is 145 Å². The van der Waals surface area contributed by atoms with Gasteiger partial charge in [-0.3, -0.25) is 0 Å². The van der Waals surface area contributed by atoms with E-state index >= 15 is 0 Å². The van der Waals surface area contributed by atoms with E-state index in [0.717, 1.165) is 39.5 Å². The molecule has 25 heavy (non-hydrogen) atoms. The van der Waals surface area contributed by atoms with Crippen molar-refractivity contribution < 1.29 is 5.11 Å². The predicted octanol–water partition coefficient (Wildman–Crippen LogP) is 3.94. The lowest BCUT2D eigenvalue weighted by molar-refractivity contribution is 0.282. The summed E-state index contributed by atoms with van der Waals surface area (Å²) in [7, 11) is 0. The van der Waals surface area contributed by atoms with Crippen molar-refractivity contribution in [3.05, 3.63) is 78.0 Å². The van der Waals surface area contributed by atoms with Gasteiger partial charge < -0.3 is 10.4 Å². The molecular weight excluding hydrogens is 312 g/mol. The molecule has 0 aliphatic rings. The van der Waals surface area contributed by atoms with E-state index in [-0.39, 0.29) is 6.61 Å². The molecule has 0 radical (unpaired) electrons. The van der Waals surface area contributed by atoms with Crippen LogP contribution in [0.2, 0.25) is 0 Å². The smallest absolute Gasteiger partial charge is 0.155 e. The van der Waals surface area contributed by atoms with E-state index in [2.05, 4.69) is 23.3 Å². The van der Waals surface area contributed by atoms with E-state index in [0.29, 0.717) is 0 Å². The standard InChI is InChI=1S/C20H18N4O/c1-14-5-2-3-8-17(14)22-20-12-21-19-10-9-18(23-24(19)20)16-7-4-6-15(11-16)13-25/h2-12,22,25H,13H2,1H3. The minimum absolute atomic E-state index is 0.0151. The molecule has 2 heterocycles. The fraction of sp³-hybridized carbons (Fsp3) is 0.100. The highest BCUT2D eigenvalue weighted by Gasteiger charge is 2.08. The molecule has 0 saturated carbocycles. The minimum atomic E-state index is 0.0151. The van der Waals surface area contributed by atoms with Gasteiger partial charge in [-0.15, -0.1) is 0 Å². The maximum absolute atomic E-state index is 9.34. The number of rotatable bonds is 4. The van der Waals surface area contributed by atoms with Gasteiger partial charge in [-0.25, -0.2) is 4.98 Å². The number of hydrogen-bond acceptors (Lipinski definition) is 4. The molecule has 0 spiro atoms. The van der Waals surface area contributed by atoms with E-state index in [1.807, 2.05) is 54.6 Å². The van der Waals surface area contributed by atoms with Crippen molar-refractivity contribution in [1.29, 1.82) is 0 Å². The number of hydrogen-bond donors (Lipinski definition) is 2. The van der Waals surface area contributed by atoms with Gasteiger partial charge in [0.05, 0.1) is 18.5 Å². The molecule has 4 aromatic rings. The number of fused-ring (bicyclic) bond motifs is 1. The van der Waals surface area contributed by atoms with Crippen molar-refractivity contribution in [2.45, 2.75) is 13.5 Å². The molecule has 5 heteroatoms. The summed E-state index contributed by atoms with van der Waals surface area (Å²) >= 11 is 0. The second-order valence-electron chi connectivity index (χ2n) is 5.93. The number of aliphatic hydroxyl groups is 1. The van der Waals surface area contributed by atoms with Gasteiger partial charge in [-0.05, 0) is 42.3 Å². The minimum Gasteiger partial charge on any atom is -0.392 e. The molecular formula is C20H18N4O. The van der Waals surface area contributed by atoms with Gasteiger partial charge in [0.25, 0.3) is 0 Å². The van der Waals surface area contributed by atoms with Crippen LogP contribution in [0.1, 0.15) is 11.1 Å². The monoisotopic (exact) mass is 330 g/mol. The van der Waals surface area contributed by atoms with Crippen molar-refractivity contribution in [2.24, 2.45) is 0 Å². The fourth-order valence-electron chi connectivity index (χ4n) is 2.79. The Kier molecular flexibility index (Phi) is 3.91. The second kappa shape index (κ2) is 6.37. The normalized spacial score (nSPS) is 11.0. The average Bonchev–Trinajstić information content (AvgIpc) is 3.06. The van der Waals surface area contributed by atoms with Gasteiger partial charge >= 0.3 is 0 Å². The van der Waals surface area contributed by atoms with Crippen LogP contribution in [0.25, 0.3) is 16.9 Å². The quantitative estimate of drug-likeness (QED) is 0.595. The summed E-state index contributed by atoms with van der Waals surface area (Å²) in [4.78, 5) is 4.41. The van der Waals surface area contributed by atoms with Crippen molar-refractivity contribution >= 4 is 17.2 Å². The zero-order valence-corrected chi connectivity index (χ0v) is 13.8. The lowest BCUT2D eigenvalue weighted by Gasteiger charge is -2.09. The number of para-hydroxylation sites is 1. The predicted molar refractivity (Wildman–Crippen MR) is 98.8 cm³/mol. The van der Waals surface area contributed by atoms with Gasteiger partial charge in [-0.1, -0.05) is 36.4 Å². The third-order valence-corrected chi connectivity index (χ3v) is 4.18. The molecule has 0 amide bonds. The Hall–Kier alpha value is -3.18. The summed E-state index contributed by atoms with van der Waals surface area (Å²) < 4.78 is 1.80. The van der Waals surface area contributed by atoms with Gasteiger partial charge in [0, 0.05) is 11.3 Å². The van der Waals surface area contributed by atoms with Crippen LogP contribution < -0.4 is 5.32 Å². The Balaban J connectivity index is 1.76. The van der Waals surface area contributed by atoms with E-state index in [1.165, 1.54) is 0 Å². The summed E-state index contributed by atoms with van der Waals surface area (Å²) in [6.07, 6.45) is 1.78. The number of aromatic nitrogens is 3. The van der Waals surface area contributed by atoms with Gasteiger partial charge in [0.2, 0.25) is 0 Å². The Morgan fingerprint density at radius 3 is 2.76 bits per heavy atom. The highest BCUT2D eigenvalue weighted by molar-refractivity contribution is 5.65. The highest BCUT2D eigenvalue weighted by Crippen LogP contribution is 2.23. The summed E-state index contributed by atoms with van der Waals surface area (Å²) in [5.41, 5.74) is 5.61. The molecule has 2 aromatic heterocycles. The number of nitrogens with zero attached hydrogens (tertiary/aromatic N) is 3. The molecule has 2 aromatic carbocycles. The third-order valence-electron chi connectivity index (χ3n) is 4.18. The van der Waals surface area contributed by atoms with E-state index in [9.17, 15) is 5.11 Å². The Bertz CT molecular complexity index is 1040. The molecule has 0 aliphatic heterocycles. The number of aryl methyl sites for hydroxylation is 1. The number of imidazole rings is 1. The molecule has 5 nitrogen and oxygen atoms in total. The van der Waals surface area contributed by atoms with Crippen molar-refractivity contribution in [2.75, 3.05) is 5.32 Å². The number of benzene rings is 2. The van der Waals surface area contributed by atoms with Gasteiger partial charge in [0.15, 0.2) is 11.5 Å². The number of anilines is 2. The maximum atomic E-state index is 9.34. The zero-order chi connectivity index (χ0) is 17.2. The van der Waals surface area contributed by atoms with E-state index < -0.39 is 0 Å². The van der Waals surface area contributed by atoms with Crippen LogP contribution in [-0.4, -0.2) is 19.7 Å².